The van der Waals surface area contributed by atoms with E-state index in [1.807, 2.05) is 0 Å². The second kappa shape index (κ2) is 9.42. The Morgan fingerprint density at radius 1 is 1.03 bits per heavy atom. The van der Waals surface area contributed by atoms with Crippen molar-refractivity contribution in [3.63, 3.8) is 0 Å². The van der Waals surface area contributed by atoms with Gasteiger partial charge >= 0.3 is 12.4 Å². The highest BCUT2D eigenvalue weighted by Crippen LogP contribution is 2.32. The molecular weight excluding hydrogens is 456 g/mol. The standard InChI is InChI=1S/C17H19F6N3O4S/c18-16(19,20)10-25-14(27)9-24-15(28)11-4-6-26(7-5-11)31(29,30)13-3-1-2-12(8-13)17(21,22)23/h1-3,8,11H,4-7,9-10H2,(H,24,28)(H,25,27). The van der Waals surface area contributed by atoms with E-state index in [0.29, 0.717) is 6.07 Å². The third kappa shape index (κ3) is 7.09. The highest BCUT2D eigenvalue weighted by molar-refractivity contribution is 7.89. The van der Waals surface area contributed by atoms with Gasteiger partial charge in [-0.15, -0.1) is 0 Å². The van der Waals surface area contributed by atoms with Crippen molar-refractivity contribution >= 4 is 21.8 Å². The van der Waals surface area contributed by atoms with Crippen LogP contribution in [0.15, 0.2) is 29.2 Å². The first kappa shape index (κ1) is 24.9. The minimum atomic E-state index is -4.71. The lowest BCUT2D eigenvalue weighted by Crippen LogP contribution is -2.45. The summed E-state index contributed by atoms with van der Waals surface area (Å²) in [5.74, 6) is -2.35. The number of carbonyl (C=O) groups is 2. The molecule has 1 aromatic rings. The van der Waals surface area contributed by atoms with E-state index in [2.05, 4.69) is 5.32 Å². The molecule has 31 heavy (non-hydrogen) atoms. The zero-order valence-corrected chi connectivity index (χ0v) is 16.7. The monoisotopic (exact) mass is 475 g/mol. The van der Waals surface area contributed by atoms with Crippen molar-refractivity contribution in [3.05, 3.63) is 29.8 Å². The van der Waals surface area contributed by atoms with Crippen molar-refractivity contribution in [2.45, 2.75) is 30.1 Å². The summed E-state index contributed by atoms with van der Waals surface area (Å²) in [6, 6.07) is 3.32. The third-order valence-electron chi connectivity index (χ3n) is 4.53. The minimum absolute atomic E-state index is 0.0359. The molecule has 1 aliphatic rings. The molecule has 0 aromatic heterocycles. The highest BCUT2D eigenvalue weighted by atomic mass is 32.2. The quantitative estimate of drug-likeness (QED) is 0.615. The van der Waals surface area contributed by atoms with Gasteiger partial charge in [-0.25, -0.2) is 8.42 Å². The van der Waals surface area contributed by atoms with Crippen LogP contribution in [0.5, 0.6) is 0 Å². The first-order chi connectivity index (χ1) is 14.2. The number of nitrogens with one attached hydrogen (secondary N) is 2. The number of hydrogen-bond donors (Lipinski definition) is 2. The molecule has 1 aliphatic heterocycles. The van der Waals surface area contributed by atoms with E-state index < -0.39 is 63.7 Å². The maximum atomic E-state index is 12.8. The van der Waals surface area contributed by atoms with Crippen LogP contribution in [0.25, 0.3) is 0 Å². The number of sulfonamides is 1. The average Bonchev–Trinajstić information content (AvgIpc) is 2.69. The first-order valence-electron chi connectivity index (χ1n) is 8.99. The lowest BCUT2D eigenvalue weighted by molar-refractivity contribution is -0.138. The second-order valence-electron chi connectivity index (χ2n) is 6.81. The Labute approximate surface area is 173 Å². The number of halogens is 6. The number of piperidine rings is 1. The molecule has 2 amide bonds. The normalized spacial score (nSPS) is 16.7. The van der Waals surface area contributed by atoms with Crippen LogP contribution in [0.2, 0.25) is 0 Å². The largest absolute Gasteiger partial charge is 0.416 e. The molecule has 1 aromatic carbocycles. The van der Waals surface area contributed by atoms with Crippen LogP contribution in [0.3, 0.4) is 0 Å². The van der Waals surface area contributed by atoms with Crippen LogP contribution in [0.1, 0.15) is 18.4 Å². The van der Waals surface area contributed by atoms with Crippen molar-refractivity contribution < 1.29 is 44.3 Å². The topological polar surface area (TPSA) is 95.6 Å². The Morgan fingerprint density at radius 3 is 2.19 bits per heavy atom. The summed E-state index contributed by atoms with van der Waals surface area (Å²) in [7, 11) is -4.21. The molecule has 1 fully saturated rings. The number of hydrogen-bond acceptors (Lipinski definition) is 4. The van der Waals surface area contributed by atoms with E-state index in [9.17, 15) is 44.3 Å². The second-order valence-corrected chi connectivity index (χ2v) is 8.75. The molecule has 174 valence electrons. The molecule has 7 nitrogen and oxygen atoms in total. The molecule has 0 spiro atoms. The summed E-state index contributed by atoms with van der Waals surface area (Å²) in [6.07, 6.45) is -9.22. The molecule has 2 N–H and O–H groups in total. The maximum Gasteiger partial charge on any atom is 0.416 e. The van der Waals surface area contributed by atoms with Gasteiger partial charge in [0.05, 0.1) is 17.0 Å². The van der Waals surface area contributed by atoms with Gasteiger partial charge in [0.2, 0.25) is 21.8 Å². The van der Waals surface area contributed by atoms with Gasteiger partial charge in [0.1, 0.15) is 6.54 Å². The molecule has 2 rings (SSSR count). The molecule has 0 bridgehead atoms. The predicted molar refractivity (Wildman–Crippen MR) is 95.0 cm³/mol. The molecule has 1 saturated heterocycles. The van der Waals surface area contributed by atoms with Crippen LogP contribution in [-0.2, 0) is 25.8 Å². The minimum Gasteiger partial charge on any atom is -0.347 e. The fourth-order valence-corrected chi connectivity index (χ4v) is 4.43. The molecule has 14 heteroatoms. The van der Waals surface area contributed by atoms with Gasteiger partial charge in [-0.2, -0.15) is 30.6 Å². The SMILES string of the molecule is O=C(CNC(=O)C1CCN(S(=O)(=O)c2cccc(C(F)(F)F)c2)CC1)NCC(F)(F)F. The van der Waals surface area contributed by atoms with Gasteiger partial charge in [-0.05, 0) is 31.0 Å². The van der Waals surface area contributed by atoms with Crippen molar-refractivity contribution in [3.8, 4) is 0 Å². The first-order valence-corrected chi connectivity index (χ1v) is 10.4. The molecule has 0 saturated carbocycles. The van der Waals surface area contributed by atoms with Crippen molar-refractivity contribution in [1.29, 1.82) is 0 Å². The van der Waals surface area contributed by atoms with Crippen LogP contribution < -0.4 is 10.6 Å². The van der Waals surface area contributed by atoms with Crippen LogP contribution in [-0.4, -0.2) is 56.9 Å². The Balaban J connectivity index is 1.90. The summed E-state index contributed by atoms with van der Waals surface area (Å²) >= 11 is 0. The smallest absolute Gasteiger partial charge is 0.347 e. The highest BCUT2D eigenvalue weighted by Gasteiger charge is 2.35. The number of nitrogens with zero attached hydrogens (tertiary/aromatic N) is 1. The zero-order chi connectivity index (χ0) is 23.4. The van der Waals surface area contributed by atoms with Crippen LogP contribution in [0, 0.1) is 5.92 Å². The fraction of sp³-hybridized carbons (Fsp3) is 0.529. The third-order valence-corrected chi connectivity index (χ3v) is 6.43. The van der Waals surface area contributed by atoms with Crippen LogP contribution >= 0.6 is 0 Å². The molecule has 1 heterocycles. The number of alkyl halides is 6. The Morgan fingerprint density at radius 2 is 1.65 bits per heavy atom. The fourth-order valence-electron chi connectivity index (χ4n) is 2.91. The van der Waals surface area contributed by atoms with E-state index in [1.54, 1.807) is 5.32 Å². The molecular formula is C17H19F6N3O4S. The summed E-state index contributed by atoms with van der Waals surface area (Å²) in [5, 5.41) is 3.78. The molecule has 0 atom stereocenters. The summed E-state index contributed by atoms with van der Waals surface area (Å²) in [6.45, 7) is -2.49. The van der Waals surface area contributed by atoms with Crippen molar-refractivity contribution in [2.75, 3.05) is 26.2 Å². The molecule has 0 unspecified atom stereocenters. The van der Waals surface area contributed by atoms with Crippen molar-refractivity contribution in [2.24, 2.45) is 5.92 Å². The van der Waals surface area contributed by atoms with E-state index in [-0.39, 0.29) is 25.9 Å². The van der Waals surface area contributed by atoms with Crippen LogP contribution in [0.4, 0.5) is 26.3 Å². The zero-order valence-electron chi connectivity index (χ0n) is 15.9. The van der Waals surface area contributed by atoms with Crippen molar-refractivity contribution in [1.82, 2.24) is 14.9 Å². The Kier molecular flexibility index (Phi) is 7.57. The van der Waals surface area contributed by atoms with E-state index in [4.69, 9.17) is 0 Å². The van der Waals surface area contributed by atoms with Gasteiger partial charge in [-0.3, -0.25) is 9.59 Å². The summed E-state index contributed by atoms with van der Waals surface area (Å²) in [5.41, 5.74) is -1.10. The number of rotatable bonds is 6. The molecule has 0 radical (unpaired) electrons. The Hall–Kier alpha value is -2.35. The average molecular weight is 475 g/mol. The van der Waals surface area contributed by atoms with E-state index in [1.165, 1.54) is 0 Å². The van der Waals surface area contributed by atoms with Gasteiger partial charge in [0.25, 0.3) is 0 Å². The lowest BCUT2D eigenvalue weighted by atomic mass is 9.97. The predicted octanol–water partition coefficient (Wildman–Crippen LogP) is 1.90. The van der Waals surface area contributed by atoms with Gasteiger partial charge < -0.3 is 10.6 Å². The lowest BCUT2D eigenvalue weighted by Gasteiger charge is -2.30. The van der Waals surface area contributed by atoms with Gasteiger partial charge in [0, 0.05) is 19.0 Å². The number of benzene rings is 1. The van der Waals surface area contributed by atoms with Gasteiger partial charge in [-0.1, -0.05) is 6.07 Å². The Bertz CT molecular complexity index is 909. The molecule has 0 aliphatic carbocycles. The number of carbonyl (C=O) groups excluding carboxylic acids is 2. The van der Waals surface area contributed by atoms with E-state index >= 15 is 0 Å². The number of amides is 2. The van der Waals surface area contributed by atoms with E-state index in [0.717, 1.165) is 22.5 Å². The summed E-state index contributed by atoms with van der Waals surface area (Å²) in [4.78, 5) is 22.9. The van der Waals surface area contributed by atoms with Gasteiger partial charge in [0.15, 0.2) is 0 Å². The maximum absolute atomic E-state index is 12.8. The summed E-state index contributed by atoms with van der Waals surface area (Å²) < 4.78 is 101.